The van der Waals surface area contributed by atoms with Crippen LogP contribution in [0.1, 0.15) is 22.5 Å². The number of nitrogens with zero attached hydrogens (tertiary/aromatic N) is 2. The molecule has 0 aliphatic heterocycles. The maximum atomic E-state index is 12.1. The quantitative estimate of drug-likeness (QED) is 0.335. The normalized spacial score (nSPS) is 11.2. The summed E-state index contributed by atoms with van der Waals surface area (Å²) in [4.78, 5) is 16.6. The zero-order valence-electron chi connectivity index (χ0n) is 15.8. The Labute approximate surface area is 167 Å². The molecule has 3 aromatic rings. The van der Waals surface area contributed by atoms with Crippen molar-refractivity contribution in [3.8, 4) is 10.9 Å². The van der Waals surface area contributed by atoms with Crippen molar-refractivity contribution in [2.45, 2.75) is 13.3 Å². The van der Waals surface area contributed by atoms with E-state index in [0.29, 0.717) is 28.8 Å². The highest BCUT2D eigenvalue weighted by Crippen LogP contribution is 2.32. The number of hydrogen-bond donors (Lipinski definition) is 0. The molecule has 3 rings (SSSR count). The van der Waals surface area contributed by atoms with Gasteiger partial charge in [-0.15, -0.1) is 0 Å². The number of aryl methyl sites for hydroxylation is 1. The van der Waals surface area contributed by atoms with Crippen LogP contribution < -0.4 is 4.74 Å². The van der Waals surface area contributed by atoms with E-state index in [-0.39, 0.29) is 5.57 Å². The van der Waals surface area contributed by atoms with E-state index < -0.39 is 5.97 Å². The van der Waals surface area contributed by atoms with E-state index in [4.69, 9.17) is 14.2 Å². The van der Waals surface area contributed by atoms with Crippen LogP contribution >= 0.6 is 11.5 Å². The summed E-state index contributed by atoms with van der Waals surface area (Å²) in [5.74, 6) is 0.633. The molecule has 0 aliphatic carbocycles. The van der Waals surface area contributed by atoms with Gasteiger partial charge < -0.3 is 14.2 Å². The fourth-order valence-electron chi connectivity index (χ4n) is 2.68. The van der Waals surface area contributed by atoms with Gasteiger partial charge in [-0.1, -0.05) is 48.0 Å². The van der Waals surface area contributed by atoms with Crippen molar-refractivity contribution in [3.05, 3.63) is 77.3 Å². The number of benzene rings is 2. The van der Waals surface area contributed by atoms with Crippen LogP contribution in [0.15, 0.2) is 54.8 Å². The number of para-hydroxylation sites is 1. The van der Waals surface area contributed by atoms with Gasteiger partial charge in [0, 0.05) is 23.5 Å². The van der Waals surface area contributed by atoms with Gasteiger partial charge in [-0.05, 0) is 18.6 Å². The van der Waals surface area contributed by atoms with Crippen LogP contribution in [-0.4, -0.2) is 29.5 Å². The summed E-state index contributed by atoms with van der Waals surface area (Å²) in [6.45, 7) is 2.05. The van der Waals surface area contributed by atoms with E-state index in [1.807, 2.05) is 18.2 Å². The van der Waals surface area contributed by atoms with E-state index in [1.165, 1.54) is 37.6 Å². The highest BCUT2D eigenvalue weighted by Gasteiger charge is 2.19. The minimum atomic E-state index is -0.518. The van der Waals surface area contributed by atoms with Gasteiger partial charge in [0.25, 0.3) is 5.19 Å². The number of hydrogen-bond acceptors (Lipinski definition) is 7. The van der Waals surface area contributed by atoms with Crippen LogP contribution in [0.25, 0.3) is 5.57 Å². The second-order valence-corrected chi connectivity index (χ2v) is 6.71. The summed E-state index contributed by atoms with van der Waals surface area (Å²) in [5, 5.41) is 0.400. The molecule has 0 unspecified atom stereocenters. The second kappa shape index (κ2) is 9.14. The van der Waals surface area contributed by atoms with Crippen LogP contribution in [0.3, 0.4) is 0 Å². The van der Waals surface area contributed by atoms with Crippen LogP contribution in [0, 0.1) is 6.92 Å². The molecule has 0 radical (unpaired) electrons. The molecule has 144 valence electrons. The molecule has 0 N–H and O–H groups in total. The second-order valence-electron chi connectivity index (χ2n) is 6.00. The number of carbonyl (C=O) groups excluding carboxylic acids is 1. The molecule has 0 aliphatic rings. The Bertz CT molecular complexity index is 997. The smallest absolute Gasteiger partial charge is 0.341 e. The van der Waals surface area contributed by atoms with Crippen molar-refractivity contribution in [1.82, 2.24) is 9.36 Å². The van der Waals surface area contributed by atoms with Gasteiger partial charge in [0.15, 0.2) is 5.82 Å². The number of esters is 1. The van der Waals surface area contributed by atoms with Crippen molar-refractivity contribution in [2.24, 2.45) is 0 Å². The lowest BCUT2D eigenvalue weighted by molar-refractivity contribution is -0.133. The molecule has 0 atom stereocenters. The molecule has 6 nitrogen and oxygen atoms in total. The lowest BCUT2D eigenvalue weighted by atomic mass is 10.1. The van der Waals surface area contributed by atoms with Gasteiger partial charge in [0.1, 0.15) is 11.3 Å². The van der Waals surface area contributed by atoms with E-state index in [1.54, 1.807) is 18.2 Å². The molecule has 1 aromatic heterocycles. The summed E-state index contributed by atoms with van der Waals surface area (Å²) >= 11 is 1.17. The largest absolute Gasteiger partial charge is 0.503 e. The van der Waals surface area contributed by atoms with E-state index in [0.717, 1.165) is 5.56 Å². The van der Waals surface area contributed by atoms with Gasteiger partial charge in [0.2, 0.25) is 0 Å². The van der Waals surface area contributed by atoms with E-state index in [2.05, 4.69) is 28.4 Å². The highest BCUT2D eigenvalue weighted by molar-refractivity contribution is 7.07. The van der Waals surface area contributed by atoms with Crippen molar-refractivity contribution in [2.75, 3.05) is 14.2 Å². The molecule has 0 spiro atoms. The monoisotopic (exact) mass is 396 g/mol. The Morgan fingerprint density at radius 2 is 1.96 bits per heavy atom. The van der Waals surface area contributed by atoms with Crippen molar-refractivity contribution >= 4 is 23.1 Å². The number of rotatable bonds is 7. The minimum Gasteiger partial charge on any atom is -0.503 e. The Morgan fingerprint density at radius 3 is 2.71 bits per heavy atom. The Balaban J connectivity index is 1.82. The standard InChI is InChI=1S/C21H20N2O4S/c1-14-7-6-8-15(11-14)12-19-22-21(28-23-19)27-18-10-5-4-9-16(18)17(13-25-2)20(24)26-3/h4-11,13H,12H2,1-3H3/b17-13-. The van der Waals surface area contributed by atoms with Crippen LogP contribution in [-0.2, 0) is 20.7 Å². The van der Waals surface area contributed by atoms with Gasteiger partial charge >= 0.3 is 5.97 Å². The first-order valence-corrected chi connectivity index (χ1v) is 9.34. The maximum Gasteiger partial charge on any atom is 0.341 e. The third-order valence-corrected chi connectivity index (χ3v) is 4.54. The molecular formula is C21H20N2O4S. The number of aromatic nitrogens is 2. The SMILES string of the molecule is CO/C=C(\C(=O)OC)c1ccccc1Oc1nc(Cc2cccc(C)c2)ns1. The van der Waals surface area contributed by atoms with Crippen molar-refractivity contribution < 1.29 is 19.0 Å². The molecule has 28 heavy (non-hydrogen) atoms. The first kappa shape index (κ1) is 19.6. The summed E-state index contributed by atoms with van der Waals surface area (Å²) in [6.07, 6.45) is 1.96. The van der Waals surface area contributed by atoms with Gasteiger partial charge in [-0.3, -0.25) is 0 Å². The summed E-state index contributed by atoms with van der Waals surface area (Å²) in [6, 6.07) is 15.3. The molecule has 1 heterocycles. The summed E-state index contributed by atoms with van der Waals surface area (Å²) < 4.78 is 20.1. The third-order valence-electron chi connectivity index (χ3n) is 3.91. The lowest BCUT2D eigenvalue weighted by Crippen LogP contribution is -2.05. The molecular weight excluding hydrogens is 376 g/mol. The van der Waals surface area contributed by atoms with E-state index in [9.17, 15) is 4.79 Å². The molecule has 0 amide bonds. The van der Waals surface area contributed by atoms with Crippen molar-refractivity contribution in [3.63, 3.8) is 0 Å². The first-order chi connectivity index (χ1) is 13.6. The summed E-state index contributed by atoms with van der Waals surface area (Å²) in [5.41, 5.74) is 3.14. The fraction of sp³-hybridized carbons (Fsp3) is 0.190. The number of ether oxygens (including phenoxy) is 3. The molecule has 0 fully saturated rings. The average Bonchev–Trinajstić information content (AvgIpc) is 3.13. The Morgan fingerprint density at radius 1 is 1.14 bits per heavy atom. The lowest BCUT2D eigenvalue weighted by Gasteiger charge is -2.10. The molecule has 7 heteroatoms. The van der Waals surface area contributed by atoms with Crippen LogP contribution in [0.5, 0.6) is 10.9 Å². The van der Waals surface area contributed by atoms with Crippen molar-refractivity contribution in [1.29, 1.82) is 0 Å². The predicted molar refractivity (Wildman–Crippen MR) is 107 cm³/mol. The molecule has 0 saturated carbocycles. The minimum absolute atomic E-state index is 0.255. The topological polar surface area (TPSA) is 70.5 Å². The zero-order chi connectivity index (χ0) is 19.9. The van der Waals surface area contributed by atoms with Crippen LogP contribution in [0.4, 0.5) is 0 Å². The number of carbonyl (C=O) groups is 1. The average molecular weight is 396 g/mol. The Kier molecular flexibility index (Phi) is 6.39. The Hall–Kier alpha value is -3.19. The van der Waals surface area contributed by atoms with Gasteiger partial charge in [-0.25, -0.2) is 4.79 Å². The van der Waals surface area contributed by atoms with E-state index >= 15 is 0 Å². The zero-order valence-corrected chi connectivity index (χ0v) is 16.7. The molecule has 0 saturated heterocycles. The van der Waals surface area contributed by atoms with Gasteiger partial charge in [-0.2, -0.15) is 9.36 Å². The predicted octanol–water partition coefficient (Wildman–Crippen LogP) is 4.39. The number of methoxy groups -OCH3 is 2. The first-order valence-electron chi connectivity index (χ1n) is 8.57. The maximum absolute atomic E-state index is 12.1. The fourth-order valence-corrected chi connectivity index (χ4v) is 3.24. The third kappa shape index (κ3) is 4.75. The summed E-state index contributed by atoms with van der Waals surface area (Å²) in [7, 11) is 2.78. The molecule has 2 aromatic carbocycles. The highest BCUT2D eigenvalue weighted by atomic mass is 32.1. The van der Waals surface area contributed by atoms with Crippen LogP contribution in [0.2, 0.25) is 0 Å². The molecule has 0 bridgehead atoms. The van der Waals surface area contributed by atoms with Gasteiger partial charge in [0.05, 0.1) is 20.5 Å².